The molecule has 1 aliphatic heterocycles. The Morgan fingerprint density at radius 1 is 1.16 bits per heavy atom. The van der Waals surface area contributed by atoms with Gasteiger partial charge in [-0.15, -0.1) is 0 Å². The maximum atomic E-state index is 13.0. The Balaban J connectivity index is 1.85. The van der Waals surface area contributed by atoms with Crippen LogP contribution in [0.15, 0.2) is 59.4 Å². The molecule has 4 rings (SSSR count). The van der Waals surface area contributed by atoms with Gasteiger partial charge < -0.3 is 10.2 Å². The van der Waals surface area contributed by atoms with Gasteiger partial charge in [-0.3, -0.25) is 14.9 Å². The van der Waals surface area contributed by atoms with Crippen molar-refractivity contribution < 1.29 is 9.72 Å². The molecule has 1 heterocycles. The Morgan fingerprint density at radius 3 is 2.61 bits per heavy atom. The van der Waals surface area contributed by atoms with Crippen LogP contribution in [0.25, 0.3) is 0 Å². The number of nitro groups is 1. The second-order valence-corrected chi connectivity index (χ2v) is 8.26. The molecule has 1 amide bonds. The number of anilines is 1. The average Bonchev–Trinajstić information content (AvgIpc) is 2.90. The number of nitrogens with one attached hydrogen (secondary N) is 1. The molecule has 1 fully saturated rings. The zero-order valence-electron chi connectivity index (χ0n) is 17.2. The molecule has 1 aliphatic carbocycles. The fraction of sp³-hybridized carbons (Fsp3) is 0.304. The van der Waals surface area contributed by atoms with Crippen LogP contribution in [0.3, 0.4) is 0 Å². The molecule has 2 aromatic rings. The minimum Gasteiger partial charge on any atom is -0.376 e. The highest BCUT2D eigenvalue weighted by Gasteiger charge is 2.26. The Morgan fingerprint density at radius 2 is 1.90 bits per heavy atom. The number of nitrogens with zero attached hydrogens (tertiary/aromatic N) is 3. The van der Waals surface area contributed by atoms with Crippen LogP contribution in [0, 0.1) is 10.1 Å². The number of carbonyl (C=O) groups excluding carboxylic acids is 1. The van der Waals surface area contributed by atoms with E-state index >= 15 is 0 Å². The summed E-state index contributed by atoms with van der Waals surface area (Å²) in [5.41, 5.74) is 2.10. The largest absolute Gasteiger partial charge is 0.376 e. The molecule has 0 atom stereocenters. The van der Waals surface area contributed by atoms with Crippen molar-refractivity contribution in [2.45, 2.75) is 38.1 Å². The molecule has 2 aromatic carbocycles. The number of amides is 1. The van der Waals surface area contributed by atoms with Gasteiger partial charge >= 0.3 is 0 Å². The average molecular weight is 439 g/mol. The van der Waals surface area contributed by atoms with Crippen molar-refractivity contribution in [1.29, 1.82) is 0 Å². The van der Waals surface area contributed by atoms with E-state index in [4.69, 9.17) is 11.6 Å². The van der Waals surface area contributed by atoms with Crippen molar-refractivity contribution >= 4 is 34.6 Å². The van der Waals surface area contributed by atoms with E-state index in [0.717, 1.165) is 12.8 Å². The third-order valence-corrected chi connectivity index (χ3v) is 6.12. The predicted octanol–water partition coefficient (Wildman–Crippen LogP) is 5.14. The number of benzodiazepines with no additional fused rings is 1. The number of benzene rings is 2. The Bertz CT molecular complexity index is 1090. The van der Waals surface area contributed by atoms with Gasteiger partial charge in [0.2, 0.25) is 0 Å². The Labute approximate surface area is 185 Å². The zero-order valence-corrected chi connectivity index (χ0v) is 17.9. The van der Waals surface area contributed by atoms with Crippen molar-refractivity contribution in [2.75, 3.05) is 12.4 Å². The first-order valence-corrected chi connectivity index (χ1v) is 10.7. The van der Waals surface area contributed by atoms with Crippen molar-refractivity contribution in [1.82, 2.24) is 4.90 Å². The van der Waals surface area contributed by atoms with Crippen LogP contribution in [-0.2, 0) is 4.79 Å². The predicted molar refractivity (Wildman–Crippen MR) is 122 cm³/mol. The molecule has 0 spiro atoms. The van der Waals surface area contributed by atoms with E-state index in [1.165, 1.54) is 37.5 Å². The summed E-state index contributed by atoms with van der Waals surface area (Å²) in [4.78, 5) is 30.6. The summed E-state index contributed by atoms with van der Waals surface area (Å²) < 4.78 is 0. The van der Waals surface area contributed by atoms with E-state index in [1.807, 2.05) is 13.1 Å². The second-order valence-electron chi connectivity index (χ2n) is 7.85. The third-order valence-electron chi connectivity index (χ3n) is 5.79. The Kier molecular flexibility index (Phi) is 6.04. The molecular weight excluding hydrogens is 416 g/mol. The smallest absolute Gasteiger partial charge is 0.275 e. The fourth-order valence-electron chi connectivity index (χ4n) is 4.10. The van der Waals surface area contributed by atoms with Crippen LogP contribution in [0.4, 0.5) is 11.4 Å². The summed E-state index contributed by atoms with van der Waals surface area (Å²) in [5.74, 6) is -0.361. The first-order chi connectivity index (χ1) is 14.9. The van der Waals surface area contributed by atoms with E-state index in [0.29, 0.717) is 33.6 Å². The number of nitro benzene ring substituents is 1. The van der Waals surface area contributed by atoms with Crippen LogP contribution in [0.1, 0.15) is 43.2 Å². The summed E-state index contributed by atoms with van der Waals surface area (Å²) in [6.07, 6.45) is 7.51. The SMILES string of the molecule is CN(C=C1N=C(c2ccccc2Cl)c2cc([N+](=O)[O-])ccc2NC1=O)C1CCCCC1. The van der Waals surface area contributed by atoms with E-state index in [-0.39, 0.29) is 17.3 Å². The molecule has 1 saturated carbocycles. The van der Waals surface area contributed by atoms with Gasteiger partial charge in [-0.2, -0.15) is 0 Å². The lowest BCUT2D eigenvalue weighted by atomic mass is 9.95. The summed E-state index contributed by atoms with van der Waals surface area (Å²) in [6.45, 7) is 0. The van der Waals surface area contributed by atoms with Crippen molar-refractivity contribution in [3.05, 3.63) is 80.6 Å². The number of rotatable bonds is 4. The van der Waals surface area contributed by atoms with Crippen molar-refractivity contribution in [2.24, 2.45) is 4.99 Å². The molecule has 0 saturated heterocycles. The maximum Gasteiger partial charge on any atom is 0.275 e. The highest BCUT2D eigenvalue weighted by Crippen LogP contribution is 2.31. The lowest BCUT2D eigenvalue weighted by Crippen LogP contribution is -2.30. The normalized spacial score (nSPS) is 18.1. The highest BCUT2D eigenvalue weighted by atomic mass is 35.5. The topological polar surface area (TPSA) is 87.8 Å². The molecule has 0 aromatic heterocycles. The standard InChI is InChI=1S/C23H23ClN4O3/c1-27(15-7-3-2-4-8-15)14-21-23(29)26-20-12-11-16(28(30)31)13-18(20)22(25-21)17-9-5-6-10-19(17)24/h5-6,9-15H,2-4,7-8H2,1H3,(H,26,29). The zero-order chi connectivity index (χ0) is 22.0. The molecule has 8 heteroatoms. The van der Waals surface area contributed by atoms with Gasteiger partial charge in [0.15, 0.2) is 0 Å². The van der Waals surface area contributed by atoms with Gasteiger partial charge in [-0.25, -0.2) is 4.99 Å². The molecule has 0 radical (unpaired) electrons. The van der Waals surface area contributed by atoms with Crippen molar-refractivity contribution in [3.8, 4) is 0 Å². The first-order valence-electron chi connectivity index (χ1n) is 10.3. The van der Waals surface area contributed by atoms with Crippen LogP contribution < -0.4 is 5.32 Å². The van der Waals surface area contributed by atoms with Crippen LogP contribution in [-0.4, -0.2) is 34.5 Å². The molecule has 1 N–H and O–H groups in total. The van der Waals surface area contributed by atoms with Crippen molar-refractivity contribution in [3.63, 3.8) is 0 Å². The van der Waals surface area contributed by atoms with E-state index in [1.54, 1.807) is 24.4 Å². The van der Waals surface area contributed by atoms with Crippen LogP contribution in [0.2, 0.25) is 5.02 Å². The summed E-state index contributed by atoms with van der Waals surface area (Å²) in [7, 11) is 1.96. The quantitative estimate of drug-likeness (QED) is 0.406. The summed E-state index contributed by atoms with van der Waals surface area (Å²) >= 11 is 6.44. The molecular formula is C23H23ClN4O3. The minimum absolute atomic E-state index is 0.0838. The summed E-state index contributed by atoms with van der Waals surface area (Å²) in [6, 6.07) is 11.8. The molecule has 7 nitrogen and oxygen atoms in total. The van der Waals surface area contributed by atoms with E-state index < -0.39 is 4.92 Å². The molecule has 160 valence electrons. The number of hydrogen-bond donors (Lipinski definition) is 1. The van der Waals surface area contributed by atoms with Gasteiger partial charge in [0.25, 0.3) is 11.6 Å². The monoisotopic (exact) mass is 438 g/mol. The number of carbonyl (C=O) groups is 1. The van der Waals surface area contributed by atoms with Crippen LogP contribution >= 0.6 is 11.6 Å². The second kappa shape index (κ2) is 8.89. The van der Waals surface area contributed by atoms with Gasteiger partial charge in [0.1, 0.15) is 5.70 Å². The highest BCUT2D eigenvalue weighted by molar-refractivity contribution is 6.36. The lowest BCUT2D eigenvalue weighted by Gasteiger charge is -2.30. The van der Waals surface area contributed by atoms with Gasteiger partial charge in [0.05, 0.1) is 16.3 Å². The molecule has 0 unspecified atom stereocenters. The summed E-state index contributed by atoms with van der Waals surface area (Å²) in [5, 5.41) is 14.7. The Hall–Kier alpha value is -3.19. The number of non-ortho nitro benzene ring substituents is 1. The minimum atomic E-state index is -0.467. The molecule has 31 heavy (non-hydrogen) atoms. The number of fused-ring (bicyclic) bond motifs is 1. The fourth-order valence-corrected chi connectivity index (χ4v) is 4.33. The third kappa shape index (κ3) is 4.46. The number of hydrogen-bond acceptors (Lipinski definition) is 5. The van der Waals surface area contributed by atoms with Crippen LogP contribution in [0.5, 0.6) is 0 Å². The number of aliphatic imine (C=N–C) groups is 1. The first kappa shape index (κ1) is 21.1. The van der Waals surface area contributed by atoms with Gasteiger partial charge in [0, 0.05) is 47.6 Å². The lowest BCUT2D eigenvalue weighted by molar-refractivity contribution is -0.384. The molecule has 0 bridgehead atoms. The number of halogens is 1. The van der Waals surface area contributed by atoms with Gasteiger partial charge in [-0.1, -0.05) is 49.1 Å². The van der Waals surface area contributed by atoms with Gasteiger partial charge in [-0.05, 0) is 25.0 Å². The molecule has 2 aliphatic rings. The maximum absolute atomic E-state index is 13.0. The van der Waals surface area contributed by atoms with E-state index in [2.05, 4.69) is 15.2 Å². The van der Waals surface area contributed by atoms with E-state index in [9.17, 15) is 14.9 Å².